The van der Waals surface area contributed by atoms with E-state index in [2.05, 4.69) is 78.8 Å². The van der Waals surface area contributed by atoms with Crippen molar-refractivity contribution in [3.05, 3.63) is 106 Å². The Kier molecular flexibility index (Phi) is 16.3. The highest BCUT2D eigenvalue weighted by Crippen LogP contribution is 2.67. The van der Waals surface area contributed by atoms with Crippen molar-refractivity contribution in [3.63, 3.8) is 0 Å². The number of benzene rings is 1. The summed E-state index contributed by atoms with van der Waals surface area (Å²) >= 11 is 0. The minimum absolute atomic E-state index is 0.0219. The minimum atomic E-state index is -1.20. The molecule has 2 saturated carbocycles. The van der Waals surface area contributed by atoms with Crippen LogP contribution in [0.15, 0.2) is 95.2 Å². The molecule has 0 saturated heterocycles. The van der Waals surface area contributed by atoms with E-state index in [0.29, 0.717) is 70.5 Å². The smallest absolute Gasteiger partial charge is 0.145 e. The summed E-state index contributed by atoms with van der Waals surface area (Å²) in [6.07, 6.45) is 17.4. The fraction of sp³-hybridized carbons (Fsp3) is 0.612. The molecule has 10 unspecified atom stereocenters. The van der Waals surface area contributed by atoms with Crippen LogP contribution in [0.1, 0.15) is 83.8 Å². The number of hydrogen-bond donors (Lipinski definition) is 6. The molecule has 1 aliphatic heterocycles. The zero-order chi connectivity index (χ0) is 42.1. The Hall–Kier alpha value is -2.99. The van der Waals surface area contributed by atoms with Crippen LogP contribution in [0, 0.1) is 35.0 Å². The largest absolute Gasteiger partial charge is 0.396 e. The lowest BCUT2D eigenvalue weighted by Gasteiger charge is -2.61. The van der Waals surface area contributed by atoms with Crippen LogP contribution in [0.4, 0.5) is 0 Å². The first kappa shape index (κ1) is 46.1. The van der Waals surface area contributed by atoms with Crippen LogP contribution in [0.5, 0.6) is 0 Å². The lowest BCUT2D eigenvalue weighted by Crippen LogP contribution is -2.65. The summed E-state index contributed by atoms with van der Waals surface area (Å²) < 4.78 is 11.5. The molecule has 4 bridgehead atoms. The van der Waals surface area contributed by atoms with Crippen molar-refractivity contribution in [2.75, 3.05) is 47.1 Å². The predicted molar refractivity (Wildman–Crippen MR) is 232 cm³/mol. The minimum Gasteiger partial charge on any atom is -0.396 e. The maximum atomic E-state index is 12.9. The van der Waals surface area contributed by atoms with Crippen molar-refractivity contribution >= 4 is 6.29 Å². The Bertz CT molecular complexity index is 1730. The van der Waals surface area contributed by atoms with E-state index in [1.165, 1.54) is 11.1 Å². The molecule has 10 atom stereocenters. The van der Waals surface area contributed by atoms with Crippen LogP contribution in [0.3, 0.4) is 0 Å². The fourth-order valence-electron chi connectivity index (χ4n) is 10.9. The highest BCUT2D eigenvalue weighted by atomic mass is 16.5. The second kappa shape index (κ2) is 20.5. The predicted octanol–water partition coefficient (Wildman–Crippen LogP) is 6.33. The Labute approximate surface area is 348 Å². The molecule has 320 valence electrons. The van der Waals surface area contributed by atoms with Gasteiger partial charge in [-0.05, 0) is 145 Å². The van der Waals surface area contributed by atoms with Gasteiger partial charge in [-0.25, -0.2) is 0 Å². The molecular weight excluding hydrogens is 729 g/mol. The Morgan fingerprint density at radius 2 is 1.95 bits per heavy atom. The average molecular weight is 801 g/mol. The van der Waals surface area contributed by atoms with E-state index in [9.17, 15) is 25.2 Å². The van der Waals surface area contributed by atoms with Gasteiger partial charge in [-0.1, -0.05) is 78.4 Å². The van der Waals surface area contributed by atoms with Crippen LogP contribution in [-0.2, 0) is 27.1 Å². The van der Waals surface area contributed by atoms with E-state index in [1.54, 1.807) is 7.11 Å². The summed E-state index contributed by atoms with van der Waals surface area (Å²) in [6, 6.07) is 8.72. The number of rotatable bonds is 16. The Morgan fingerprint density at radius 1 is 1.17 bits per heavy atom. The second-order valence-electron chi connectivity index (χ2n) is 17.9. The van der Waals surface area contributed by atoms with Gasteiger partial charge in [0.25, 0.3) is 0 Å². The van der Waals surface area contributed by atoms with Crippen molar-refractivity contribution in [2.45, 2.75) is 109 Å². The van der Waals surface area contributed by atoms with Gasteiger partial charge < -0.3 is 35.2 Å². The van der Waals surface area contributed by atoms with Crippen LogP contribution in [0.2, 0.25) is 0 Å². The molecule has 4 aliphatic rings. The van der Waals surface area contributed by atoms with Crippen molar-refractivity contribution in [3.8, 4) is 0 Å². The topological polar surface area (TPSA) is 141 Å². The molecule has 0 amide bonds. The average Bonchev–Trinajstić information content (AvgIpc) is 3.55. The molecule has 9 nitrogen and oxygen atoms in total. The Balaban J connectivity index is 1.47. The summed E-state index contributed by atoms with van der Waals surface area (Å²) in [4.78, 5) is 12.4. The number of hydrogen-bond acceptors (Lipinski definition) is 9. The maximum Gasteiger partial charge on any atom is 0.145 e. The number of methoxy groups -OCH3 is 1. The van der Waals surface area contributed by atoms with Crippen molar-refractivity contribution in [1.82, 2.24) is 10.6 Å². The molecule has 3 aliphatic carbocycles. The first-order chi connectivity index (χ1) is 27.8. The molecule has 1 aromatic rings. The van der Waals surface area contributed by atoms with Crippen molar-refractivity contribution in [1.29, 1.82) is 0 Å². The summed E-state index contributed by atoms with van der Waals surface area (Å²) in [5.41, 5.74) is 4.43. The Morgan fingerprint density at radius 3 is 2.66 bits per heavy atom. The maximum absolute atomic E-state index is 12.9. The lowest BCUT2D eigenvalue weighted by molar-refractivity contribution is -0.194. The monoisotopic (exact) mass is 801 g/mol. The van der Waals surface area contributed by atoms with E-state index in [-0.39, 0.29) is 41.7 Å². The number of carbonyl (C=O) groups is 1. The quantitative estimate of drug-likeness (QED) is 0.0490. The van der Waals surface area contributed by atoms with Gasteiger partial charge in [0.1, 0.15) is 12.5 Å². The van der Waals surface area contributed by atoms with Crippen LogP contribution in [-0.4, -0.2) is 97.3 Å². The van der Waals surface area contributed by atoms with E-state index >= 15 is 0 Å². The van der Waals surface area contributed by atoms with Crippen LogP contribution < -0.4 is 10.6 Å². The summed E-state index contributed by atoms with van der Waals surface area (Å²) in [6.45, 7) is 14.5. The highest BCUT2D eigenvalue weighted by Gasteiger charge is 2.68. The molecule has 1 aromatic carbocycles. The van der Waals surface area contributed by atoms with Crippen molar-refractivity contribution < 1.29 is 34.7 Å². The highest BCUT2D eigenvalue weighted by molar-refractivity contribution is 5.74. The second-order valence-corrected chi connectivity index (χ2v) is 17.9. The number of nitrogens with one attached hydrogen (secondary N) is 2. The molecule has 5 rings (SSSR count). The third-order valence-electron chi connectivity index (χ3n) is 14.1. The fourth-order valence-corrected chi connectivity index (χ4v) is 10.9. The molecule has 6 N–H and O–H groups in total. The van der Waals surface area contributed by atoms with E-state index < -0.39 is 23.3 Å². The van der Waals surface area contributed by atoms with Gasteiger partial charge in [-0.15, -0.1) is 0 Å². The lowest BCUT2D eigenvalue weighted by atomic mass is 9.45. The van der Waals surface area contributed by atoms with E-state index in [0.717, 1.165) is 47.8 Å². The third kappa shape index (κ3) is 9.96. The van der Waals surface area contributed by atoms with E-state index in [4.69, 9.17) is 9.47 Å². The molecule has 0 aromatic heterocycles. The SMILES string of the molecule is C=C(C=CC=C(COCC)C1CCC2(C1O)C1C(=C(C)C=O)C(C=CC1CCO)CC2(O)CCNC)C1CC=C(C)C(O)NC(C)(CCOC)Cc2cccc(c2)C1. The zero-order valence-electron chi connectivity index (χ0n) is 36.0. The number of ether oxygens (including phenoxy) is 2. The number of aldehydes is 1. The summed E-state index contributed by atoms with van der Waals surface area (Å²) in [5, 5.41) is 53.9. The standard InChI is InChI=1S/C49H72N2O7/c1-8-58-32-41(14-9-11-33(2)39-16-15-34(3)46(55)51-47(5,23-26-57-7)29-37-13-10-12-36(27-37)28-39)42-19-21-49(45(42)54)44-38(20-25-52)17-18-40(43(44)35(4)31-53)30-48(49,56)22-24-50-6/h9-15,17-18,27,31,38-40,42,44-46,50-52,54-56H,2,8,16,19-26,28-30,32H2,1,3-7H3. The molecule has 0 radical (unpaired) electrons. The molecule has 1 heterocycles. The third-order valence-corrected chi connectivity index (χ3v) is 14.1. The number of aliphatic hydroxyl groups excluding tert-OH is 3. The van der Waals surface area contributed by atoms with Crippen LogP contribution >= 0.6 is 0 Å². The number of carbonyl (C=O) groups excluding carboxylic acids is 1. The van der Waals surface area contributed by atoms with Gasteiger partial charge in [0, 0.05) is 49.7 Å². The summed E-state index contributed by atoms with van der Waals surface area (Å²) in [7, 11) is 3.59. The number of aliphatic hydroxyl groups is 4. The van der Waals surface area contributed by atoms with Gasteiger partial charge in [0.15, 0.2) is 0 Å². The van der Waals surface area contributed by atoms with E-state index in [1.807, 2.05) is 33.9 Å². The summed E-state index contributed by atoms with van der Waals surface area (Å²) in [5.74, 6) is -0.705. The molecule has 58 heavy (non-hydrogen) atoms. The van der Waals surface area contributed by atoms with Gasteiger partial charge >= 0.3 is 0 Å². The van der Waals surface area contributed by atoms with Gasteiger partial charge in [-0.2, -0.15) is 0 Å². The first-order valence-electron chi connectivity index (χ1n) is 21.6. The van der Waals surface area contributed by atoms with Crippen LogP contribution in [0.25, 0.3) is 0 Å². The molecular formula is C49H72N2O7. The normalized spacial score (nSPS) is 35.1. The molecule has 1 spiro atoms. The van der Waals surface area contributed by atoms with Gasteiger partial charge in [0.2, 0.25) is 0 Å². The number of allylic oxidation sites excluding steroid dienone is 9. The van der Waals surface area contributed by atoms with Gasteiger partial charge in [0.05, 0.1) is 18.3 Å². The molecule has 2 fully saturated rings. The number of fused-ring (bicyclic) bond motifs is 5. The first-order valence-corrected chi connectivity index (χ1v) is 21.6. The van der Waals surface area contributed by atoms with Gasteiger partial charge in [-0.3, -0.25) is 10.1 Å². The zero-order valence-corrected chi connectivity index (χ0v) is 36.0. The van der Waals surface area contributed by atoms with Crippen molar-refractivity contribution in [2.24, 2.45) is 35.0 Å². The molecule has 9 heteroatoms.